The summed E-state index contributed by atoms with van der Waals surface area (Å²) in [4.78, 5) is 13.5. The summed E-state index contributed by atoms with van der Waals surface area (Å²) >= 11 is 0. The van der Waals surface area contributed by atoms with Gasteiger partial charge in [-0.15, -0.1) is 0 Å². The molecule has 5 heteroatoms. The molecular weight excluding hydrogens is 286 g/mol. The van der Waals surface area contributed by atoms with Crippen LogP contribution in [-0.2, 0) is 6.42 Å². The third-order valence-corrected chi connectivity index (χ3v) is 4.16. The zero-order chi connectivity index (χ0) is 15.6. The van der Waals surface area contributed by atoms with Crippen LogP contribution in [0.5, 0.6) is 0 Å². The Morgan fingerprint density at radius 3 is 3.13 bits per heavy atom. The normalized spacial score (nSPS) is 14.2. The Kier molecular flexibility index (Phi) is 3.54. The summed E-state index contributed by atoms with van der Waals surface area (Å²) in [6.07, 6.45) is 13.3. The SMILES string of the molecule is CCNc1ncc2c(n1)CCCC=C2c1ccc2nccn2c1. The predicted molar refractivity (Wildman–Crippen MR) is 91.4 cm³/mol. The van der Waals surface area contributed by atoms with E-state index in [9.17, 15) is 0 Å². The number of imidazole rings is 1. The minimum atomic E-state index is 0.720. The van der Waals surface area contributed by atoms with E-state index in [0.29, 0.717) is 0 Å². The summed E-state index contributed by atoms with van der Waals surface area (Å²) in [6.45, 7) is 2.89. The highest BCUT2D eigenvalue weighted by molar-refractivity contribution is 5.81. The second-order valence-corrected chi connectivity index (χ2v) is 5.70. The van der Waals surface area contributed by atoms with Gasteiger partial charge in [-0.05, 0) is 49.5 Å². The third-order valence-electron chi connectivity index (χ3n) is 4.16. The summed E-state index contributed by atoms with van der Waals surface area (Å²) < 4.78 is 2.05. The molecule has 0 aromatic carbocycles. The van der Waals surface area contributed by atoms with Gasteiger partial charge in [-0.2, -0.15) is 0 Å². The molecule has 3 aromatic rings. The van der Waals surface area contributed by atoms with E-state index < -0.39 is 0 Å². The summed E-state index contributed by atoms with van der Waals surface area (Å²) in [6, 6.07) is 4.18. The van der Waals surface area contributed by atoms with Gasteiger partial charge < -0.3 is 9.72 Å². The Bertz CT molecular complexity index is 878. The van der Waals surface area contributed by atoms with Crippen LogP contribution < -0.4 is 5.32 Å². The van der Waals surface area contributed by atoms with Crippen molar-refractivity contribution in [1.29, 1.82) is 0 Å². The highest BCUT2D eigenvalue weighted by atomic mass is 15.1. The Hall–Kier alpha value is -2.69. The molecule has 116 valence electrons. The molecule has 4 rings (SSSR count). The lowest BCUT2D eigenvalue weighted by Gasteiger charge is -2.12. The van der Waals surface area contributed by atoms with Gasteiger partial charge in [-0.25, -0.2) is 15.0 Å². The molecule has 0 bridgehead atoms. The van der Waals surface area contributed by atoms with E-state index in [1.807, 2.05) is 18.6 Å². The van der Waals surface area contributed by atoms with E-state index in [1.54, 1.807) is 0 Å². The van der Waals surface area contributed by atoms with Crippen molar-refractivity contribution in [3.8, 4) is 0 Å². The van der Waals surface area contributed by atoms with Crippen LogP contribution in [0, 0.1) is 0 Å². The van der Waals surface area contributed by atoms with E-state index in [-0.39, 0.29) is 0 Å². The highest BCUT2D eigenvalue weighted by Crippen LogP contribution is 2.30. The lowest BCUT2D eigenvalue weighted by atomic mass is 9.99. The van der Waals surface area contributed by atoms with Gasteiger partial charge in [0, 0.05) is 36.9 Å². The molecule has 0 atom stereocenters. The van der Waals surface area contributed by atoms with Gasteiger partial charge in [-0.1, -0.05) is 6.08 Å². The average Bonchev–Trinajstić information content (AvgIpc) is 2.94. The van der Waals surface area contributed by atoms with Crippen LogP contribution >= 0.6 is 0 Å². The van der Waals surface area contributed by atoms with E-state index in [1.165, 1.54) is 11.1 Å². The summed E-state index contributed by atoms with van der Waals surface area (Å²) in [5, 5.41) is 3.20. The molecule has 5 nitrogen and oxygen atoms in total. The molecule has 1 N–H and O–H groups in total. The first-order valence-corrected chi connectivity index (χ1v) is 8.08. The molecule has 0 unspecified atom stereocenters. The Morgan fingerprint density at radius 1 is 1.26 bits per heavy atom. The van der Waals surface area contributed by atoms with Crippen LogP contribution in [0.4, 0.5) is 5.95 Å². The highest BCUT2D eigenvalue weighted by Gasteiger charge is 2.16. The fraction of sp³-hybridized carbons (Fsp3) is 0.278. The van der Waals surface area contributed by atoms with Crippen LogP contribution in [0.3, 0.4) is 0 Å². The Morgan fingerprint density at radius 2 is 2.22 bits per heavy atom. The van der Waals surface area contributed by atoms with Crippen LogP contribution in [-0.4, -0.2) is 25.9 Å². The van der Waals surface area contributed by atoms with Gasteiger partial charge in [0.15, 0.2) is 0 Å². The van der Waals surface area contributed by atoms with Crippen molar-refractivity contribution >= 4 is 17.2 Å². The van der Waals surface area contributed by atoms with Crippen molar-refractivity contribution in [2.75, 3.05) is 11.9 Å². The Labute approximate surface area is 135 Å². The quantitative estimate of drug-likeness (QED) is 0.806. The maximum absolute atomic E-state index is 4.71. The number of aryl methyl sites for hydroxylation is 1. The number of rotatable bonds is 3. The maximum atomic E-state index is 4.71. The molecule has 0 amide bonds. The van der Waals surface area contributed by atoms with Crippen molar-refractivity contribution in [2.45, 2.75) is 26.2 Å². The lowest BCUT2D eigenvalue weighted by molar-refractivity contribution is 0.821. The van der Waals surface area contributed by atoms with Gasteiger partial charge in [0.25, 0.3) is 0 Å². The van der Waals surface area contributed by atoms with Gasteiger partial charge in [0.05, 0.1) is 5.69 Å². The van der Waals surface area contributed by atoms with Gasteiger partial charge >= 0.3 is 0 Å². The zero-order valence-electron chi connectivity index (χ0n) is 13.2. The molecule has 0 aliphatic heterocycles. The van der Waals surface area contributed by atoms with Crippen LogP contribution in [0.1, 0.15) is 36.6 Å². The number of pyridine rings is 1. The number of nitrogens with one attached hydrogen (secondary N) is 1. The topological polar surface area (TPSA) is 55.1 Å². The number of aromatic nitrogens is 4. The second kappa shape index (κ2) is 5.83. The molecule has 1 aliphatic carbocycles. The number of anilines is 1. The smallest absolute Gasteiger partial charge is 0.222 e. The lowest BCUT2D eigenvalue weighted by Crippen LogP contribution is -2.06. The number of fused-ring (bicyclic) bond motifs is 2. The molecule has 23 heavy (non-hydrogen) atoms. The van der Waals surface area contributed by atoms with E-state index >= 15 is 0 Å². The number of nitrogens with zero attached hydrogens (tertiary/aromatic N) is 4. The zero-order valence-corrected chi connectivity index (χ0v) is 13.2. The summed E-state index contributed by atoms with van der Waals surface area (Å²) in [5.74, 6) is 0.720. The maximum Gasteiger partial charge on any atom is 0.222 e. The van der Waals surface area contributed by atoms with E-state index in [2.05, 4.69) is 51.0 Å². The molecule has 3 aromatic heterocycles. The minimum absolute atomic E-state index is 0.720. The first kappa shape index (κ1) is 13.9. The average molecular weight is 305 g/mol. The molecule has 3 heterocycles. The molecular formula is C18H19N5. The van der Waals surface area contributed by atoms with Crippen molar-refractivity contribution < 1.29 is 0 Å². The first-order valence-electron chi connectivity index (χ1n) is 8.08. The monoisotopic (exact) mass is 305 g/mol. The van der Waals surface area contributed by atoms with Crippen molar-refractivity contribution in [2.24, 2.45) is 0 Å². The largest absolute Gasteiger partial charge is 0.354 e. The fourth-order valence-corrected chi connectivity index (χ4v) is 3.05. The van der Waals surface area contributed by atoms with Crippen molar-refractivity contribution in [3.63, 3.8) is 0 Å². The standard InChI is InChI=1S/C18H19N5/c1-2-19-18-21-11-15-14(5-3-4-6-16(15)22-18)13-7-8-17-20-9-10-23(17)12-13/h5,7-12H,2-4,6H2,1H3,(H,19,21,22). The van der Waals surface area contributed by atoms with Gasteiger partial charge in [-0.3, -0.25) is 0 Å². The molecule has 0 fully saturated rings. The predicted octanol–water partition coefficient (Wildman–Crippen LogP) is 3.32. The first-order chi connectivity index (χ1) is 11.3. The molecule has 0 radical (unpaired) electrons. The van der Waals surface area contributed by atoms with E-state index in [4.69, 9.17) is 4.98 Å². The number of hydrogen-bond donors (Lipinski definition) is 1. The molecule has 0 saturated carbocycles. The molecule has 0 spiro atoms. The van der Waals surface area contributed by atoms with Crippen molar-refractivity contribution in [3.05, 3.63) is 59.8 Å². The fourth-order valence-electron chi connectivity index (χ4n) is 3.05. The van der Waals surface area contributed by atoms with Crippen LogP contribution in [0.15, 0.2) is 43.0 Å². The third kappa shape index (κ3) is 2.59. The van der Waals surface area contributed by atoms with Crippen LogP contribution in [0.25, 0.3) is 11.2 Å². The van der Waals surface area contributed by atoms with Crippen LogP contribution in [0.2, 0.25) is 0 Å². The molecule has 1 aliphatic rings. The number of hydrogen-bond acceptors (Lipinski definition) is 4. The second-order valence-electron chi connectivity index (χ2n) is 5.70. The van der Waals surface area contributed by atoms with Gasteiger partial charge in [0.1, 0.15) is 5.65 Å². The van der Waals surface area contributed by atoms with E-state index in [0.717, 1.165) is 48.7 Å². The summed E-state index contributed by atoms with van der Waals surface area (Å²) in [5.41, 5.74) is 5.63. The number of allylic oxidation sites excluding steroid dienone is 1. The summed E-state index contributed by atoms with van der Waals surface area (Å²) in [7, 11) is 0. The molecule has 0 saturated heterocycles. The van der Waals surface area contributed by atoms with Gasteiger partial charge in [0.2, 0.25) is 5.95 Å². The minimum Gasteiger partial charge on any atom is -0.354 e. The Balaban J connectivity index is 1.81. The van der Waals surface area contributed by atoms with Crippen molar-refractivity contribution in [1.82, 2.24) is 19.4 Å².